The summed E-state index contributed by atoms with van der Waals surface area (Å²) in [5.74, 6) is -0.865. The fourth-order valence-corrected chi connectivity index (χ4v) is 3.30. The Kier molecular flexibility index (Phi) is 5.61. The van der Waals surface area contributed by atoms with Crippen molar-refractivity contribution in [2.45, 2.75) is 65.5 Å². The standard InChI is InChI=1S/C18H26N4O5/c1-4-5-7-22-16(24)14-15(21(17(22)25)8-6-13(2)23)19-12-20(14)11-18(3)26-9-10-27-18/h12H,4-11H2,1-3H3. The minimum absolute atomic E-state index is 0.0268. The van der Waals surface area contributed by atoms with E-state index >= 15 is 0 Å². The van der Waals surface area contributed by atoms with E-state index in [-0.39, 0.29) is 30.9 Å². The van der Waals surface area contributed by atoms with Crippen LogP contribution in [-0.4, -0.2) is 43.5 Å². The summed E-state index contributed by atoms with van der Waals surface area (Å²) in [7, 11) is 0. The van der Waals surface area contributed by atoms with Gasteiger partial charge in [0.25, 0.3) is 5.56 Å². The molecule has 2 aromatic rings. The summed E-state index contributed by atoms with van der Waals surface area (Å²) in [6, 6.07) is 0. The summed E-state index contributed by atoms with van der Waals surface area (Å²) in [6.45, 7) is 7.09. The number of aryl methyl sites for hydroxylation is 1. The van der Waals surface area contributed by atoms with Crippen molar-refractivity contribution in [3.8, 4) is 0 Å². The minimum atomic E-state index is -0.839. The molecule has 148 valence electrons. The Morgan fingerprint density at radius 2 is 1.93 bits per heavy atom. The zero-order valence-electron chi connectivity index (χ0n) is 16.1. The normalized spacial score (nSPS) is 16.3. The van der Waals surface area contributed by atoms with Gasteiger partial charge >= 0.3 is 5.69 Å². The molecule has 1 saturated heterocycles. The van der Waals surface area contributed by atoms with E-state index in [0.717, 1.165) is 6.42 Å². The maximum atomic E-state index is 13.0. The Balaban J connectivity index is 2.14. The second-order valence-electron chi connectivity index (χ2n) is 7.07. The van der Waals surface area contributed by atoms with Crippen LogP contribution in [0.4, 0.5) is 0 Å². The lowest BCUT2D eigenvalue weighted by Gasteiger charge is -2.23. The van der Waals surface area contributed by atoms with Gasteiger partial charge in [-0.15, -0.1) is 0 Å². The molecule has 1 fully saturated rings. The van der Waals surface area contributed by atoms with E-state index < -0.39 is 11.5 Å². The maximum absolute atomic E-state index is 13.0. The van der Waals surface area contributed by atoms with E-state index in [1.54, 1.807) is 4.57 Å². The number of rotatable bonds is 8. The SMILES string of the molecule is CCCCn1c(=O)c2c(ncn2CC2(C)OCCO2)n(CCC(C)=O)c1=O. The molecule has 0 N–H and O–H groups in total. The van der Waals surface area contributed by atoms with E-state index in [4.69, 9.17) is 9.47 Å². The number of carbonyl (C=O) groups excluding carboxylic acids is 1. The van der Waals surface area contributed by atoms with Crippen LogP contribution >= 0.6 is 0 Å². The third kappa shape index (κ3) is 3.89. The fourth-order valence-electron chi connectivity index (χ4n) is 3.30. The zero-order valence-corrected chi connectivity index (χ0v) is 16.1. The number of Topliss-reactive ketones (excluding diaryl/α,β-unsaturated/α-hetero) is 1. The largest absolute Gasteiger partial charge is 0.346 e. The number of hydrogen-bond acceptors (Lipinski definition) is 6. The van der Waals surface area contributed by atoms with Crippen molar-refractivity contribution in [1.29, 1.82) is 0 Å². The number of aromatic nitrogens is 4. The van der Waals surface area contributed by atoms with Crippen LogP contribution in [0.3, 0.4) is 0 Å². The average molecular weight is 378 g/mol. The monoisotopic (exact) mass is 378 g/mol. The number of ketones is 1. The first-order chi connectivity index (χ1) is 12.9. The van der Waals surface area contributed by atoms with E-state index in [1.165, 1.54) is 22.4 Å². The predicted octanol–water partition coefficient (Wildman–Crippen LogP) is 0.902. The van der Waals surface area contributed by atoms with Gasteiger partial charge in [0.2, 0.25) is 0 Å². The second kappa shape index (κ2) is 7.77. The Morgan fingerprint density at radius 1 is 1.22 bits per heavy atom. The van der Waals surface area contributed by atoms with Crippen molar-refractivity contribution in [3.63, 3.8) is 0 Å². The highest BCUT2D eigenvalue weighted by Crippen LogP contribution is 2.22. The molecule has 27 heavy (non-hydrogen) atoms. The molecule has 0 bridgehead atoms. The smallest absolute Gasteiger partial charge is 0.332 e. The summed E-state index contributed by atoms with van der Waals surface area (Å²) in [5, 5.41) is 0. The summed E-state index contributed by atoms with van der Waals surface area (Å²) in [4.78, 5) is 41.6. The summed E-state index contributed by atoms with van der Waals surface area (Å²) in [6.07, 6.45) is 3.30. The molecular formula is C18H26N4O5. The zero-order chi connectivity index (χ0) is 19.6. The lowest BCUT2D eigenvalue weighted by Crippen LogP contribution is -2.41. The quantitative estimate of drug-likeness (QED) is 0.677. The lowest BCUT2D eigenvalue weighted by atomic mass is 10.3. The molecule has 0 radical (unpaired) electrons. The predicted molar refractivity (Wildman–Crippen MR) is 98.8 cm³/mol. The number of unbranched alkanes of at least 4 members (excludes halogenated alkanes) is 1. The molecule has 0 amide bonds. The average Bonchev–Trinajstić information content (AvgIpc) is 3.21. The number of hydrogen-bond donors (Lipinski definition) is 0. The van der Waals surface area contributed by atoms with Crippen LogP contribution in [0.15, 0.2) is 15.9 Å². The molecule has 0 aliphatic carbocycles. The molecule has 3 rings (SSSR count). The second-order valence-corrected chi connectivity index (χ2v) is 7.07. The highest BCUT2D eigenvalue weighted by atomic mass is 16.7. The minimum Gasteiger partial charge on any atom is -0.346 e. The number of ether oxygens (including phenoxy) is 2. The van der Waals surface area contributed by atoms with Gasteiger partial charge in [-0.3, -0.25) is 18.7 Å². The van der Waals surface area contributed by atoms with E-state index in [0.29, 0.717) is 37.3 Å². The Hall–Kier alpha value is -2.26. The number of imidazole rings is 1. The molecule has 9 heteroatoms. The Labute approximate surface area is 156 Å². The first kappa shape index (κ1) is 19.5. The van der Waals surface area contributed by atoms with Crippen molar-refractivity contribution in [3.05, 3.63) is 27.2 Å². The third-order valence-electron chi connectivity index (χ3n) is 4.76. The van der Waals surface area contributed by atoms with Gasteiger partial charge in [0.05, 0.1) is 26.1 Å². The molecule has 1 aliphatic rings. The van der Waals surface area contributed by atoms with Crippen molar-refractivity contribution in [2.24, 2.45) is 0 Å². The fraction of sp³-hybridized carbons (Fsp3) is 0.667. The van der Waals surface area contributed by atoms with E-state index in [9.17, 15) is 14.4 Å². The van der Waals surface area contributed by atoms with Gasteiger partial charge in [-0.2, -0.15) is 0 Å². The highest BCUT2D eigenvalue weighted by molar-refractivity contribution is 5.76. The van der Waals surface area contributed by atoms with Crippen LogP contribution in [0.1, 0.15) is 40.0 Å². The van der Waals surface area contributed by atoms with Gasteiger partial charge in [-0.1, -0.05) is 13.3 Å². The van der Waals surface area contributed by atoms with E-state index in [2.05, 4.69) is 4.98 Å². The Morgan fingerprint density at radius 3 is 2.56 bits per heavy atom. The summed E-state index contributed by atoms with van der Waals surface area (Å²) in [5.41, 5.74) is -0.177. The van der Waals surface area contributed by atoms with Crippen LogP contribution in [0, 0.1) is 0 Å². The third-order valence-corrected chi connectivity index (χ3v) is 4.76. The summed E-state index contributed by atoms with van der Waals surface area (Å²) >= 11 is 0. The first-order valence-corrected chi connectivity index (χ1v) is 9.32. The maximum Gasteiger partial charge on any atom is 0.332 e. The molecule has 3 heterocycles. The molecule has 0 unspecified atom stereocenters. The number of carbonyl (C=O) groups is 1. The van der Waals surface area contributed by atoms with Crippen LogP contribution in [0.5, 0.6) is 0 Å². The number of fused-ring (bicyclic) bond motifs is 1. The summed E-state index contributed by atoms with van der Waals surface area (Å²) < 4.78 is 15.6. The van der Waals surface area contributed by atoms with Gasteiger partial charge in [-0.05, 0) is 20.3 Å². The molecule has 0 spiro atoms. The molecule has 9 nitrogen and oxygen atoms in total. The van der Waals surface area contributed by atoms with Crippen LogP contribution in [0.25, 0.3) is 11.2 Å². The van der Waals surface area contributed by atoms with Crippen LogP contribution in [-0.2, 0) is 33.9 Å². The lowest BCUT2D eigenvalue weighted by molar-refractivity contribution is -0.151. The molecule has 0 saturated carbocycles. The van der Waals surface area contributed by atoms with E-state index in [1.807, 2.05) is 13.8 Å². The topological polar surface area (TPSA) is 97.3 Å². The van der Waals surface area contributed by atoms with Gasteiger partial charge < -0.3 is 14.0 Å². The molecule has 0 atom stereocenters. The molecule has 2 aromatic heterocycles. The first-order valence-electron chi connectivity index (χ1n) is 9.32. The van der Waals surface area contributed by atoms with Crippen molar-refractivity contribution >= 4 is 16.9 Å². The highest BCUT2D eigenvalue weighted by Gasteiger charge is 2.32. The van der Waals surface area contributed by atoms with Crippen LogP contribution < -0.4 is 11.2 Å². The molecule has 1 aliphatic heterocycles. The molecular weight excluding hydrogens is 352 g/mol. The Bertz CT molecular complexity index is 949. The number of nitrogens with zero attached hydrogens (tertiary/aromatic N) is 4. The van der Waals surface area contributed by atoms with Gasteiger partial charge in [0.1, 0.15) is 5.78 Å². The molecule has 0 aromatic carbocycles. The van der Waals surface area contributed by atoms with Gasteiger partial charge in [-0.25, -0.2) is 9.78 Å². The van der Waals surface area contributed by atoms with Crippen molar-refractivity contribution in [2.75, 3.05) is 13.2 Å². The van der Waals surface area contributed by atoms with Gasteiger partial charge in [0.15, 0.2) is 17.0 Å². The van der Waals surface area contributed by atoms with Crippen molar-refractivity contribution in [1.82, 2.24) is 18.7 Å². The van der Waals surface area contributed by atoms with Gasteiger partial charge in [0, 0.05) is 19.5 Å². The van der Waals surface area contributed by atoms with Crippen molar-refractivity contribution < 1.29 is 14.3 Å². The van der Waals surface area contributed by atoms with Crippen LogP contribution in [0.2, 0.25) is 0 Å².